The Hall–Kier alpha value is -3.22. The molecule has 7 nitrogen and oxygen atoms in total. The third kappa shape index (κ3) is 7.25. The molecule has 0 aromatic heterocycles. The molecular formula is C32H44N2O5. The summed E-state index contributed by atoms with van der Waals surface area (Å²) in [5.41, 5.74) is 1.85. The smallest absolute Gasteiger partial charge is 0.250 e. The van der Waals surface area contributed by atoms with Crippen molar-refractivity contribution in [2.75, 3.05) is 33.9 Å². The van der Waals surface area contributed by atoms with Gasteiger partial charge >= 0.3 is 0 Å². The molecule has 1 heterocycles. The van der Waals surface area contributed by atoms with Crippen LogP contribution in [0, 0.1) is 0 Å². The number of methoxy groups -OCH3 is 2. The second kappa shape index (κ2) is 14.2. The van der Waals surface area contributed by atoms with Crippen molar-refractivity contribution < 1.29 is 23.8 Å². The largest absolute Gasteiger partial charge is 0.494 e. The van der Waals surface area contributed by atoms with Crippen LogP contribution in [-0.2, 0) is 16.0 Å². The normalized spacial score (nSPS) is 18.4. The zero-order chi connectivity index (χ0) is 27.6. The fraction of sp³-hybridized carbons (Fsp3) is 0.562. The molecule has 0 bridgehead atoms. The van der Waals surface area contributed by atoms with Gasteiger partial charge in [-0.2, -0.15) is 0 Å². The Morgan fingerprint density at radius 2 is 1.62 bits per heavy atom. The summed E-state index contributed by atoms with van der Waals surface area (Å²) in [5, 5.41) is 0. The Kier molecular flexibility index (Phi) is 10.5. The summed E-state index contributed by atoms with van der Waals surface area (Å²) in [4.78, 5) is 31.2. The van der Waals surface area contributed by atoms with Crippen LogP contribution in [0.5, 0.6) is 17.2 Å². The van der Waals surface area contributed by atoms with Crippen molar-refractivity contribution in [1.82, 2.24) is 9.80 Å². The minimum atomic E-state index is -0.632. The van der Waals surface area contributed by atoms with Gasteiger partial charge in [0, 0.05) is 12.6 Å². The van der Waals surface area contributed by atoms with Gasteiger partial charge in [0.15, 0.2) is 11.5 Å². The average Bonchev–Trinajstić information content (AvgIpc) is 2.98. The quantitative estimate of drug-likeness (QED) is 0.296. The molecule has 2 amide bonds. The molecule has 212 valence electrons. The van der Waals surface area contributed by atoms with Crippen LogP contribution in [0.15, 0.2) is 42.5 Å². The lowest BCUT2D eigenvalue weighted by Crippen LogP contribution is -2.58. The predicted molar refractivity (Wildman–Crippen MR) is 152 cm³/mol. The van der Waals surface area contributed by atoms with Gasteiger partial charge in [-0.25, -0.2) is 0 Å². The molecule has 1 aliphatic heterocycles. The molecule has 2 fully saturated rings. The third-order valence-electron chi connectivity index (χ3n) is 8.02. The van der Waals surface area contributed by atoms with Gasteiger partial charge in [-0.05, 0) is 61.1 Å². The van der Waals surface area contributed by atoms with E-state index in [9.17, 15) is 9.59 Å². The highest BCUT2D eigenvalue weighted by atomic mass is 16.5. The zero-order valence-corrected chi connectivity index (χ0v) is 23.8. The van der Waals surface area contributed by atoms with Crippen LogP contribution in [0.3, 0.4) is 0 Å². The Balaban J connectivity index is 1.52. The first-order valence-electron chi connectivity index (χ1n) is 14.6. The summed E-state index contributed by atoms with van der Waals surface area (Å²) >= 11 is 0. The second-order valence-corrected chi connectivity index (χ2v) is 10.7. The molecule has 2 aromatic carbocycles. The number of benzene rings is 2. The summed E-state index contributed by atoms with van der Waals surface area (Å²) in [6.07, 6.45) is 10.6. The monoisotopic (exact) mass is 536 g/mol. The molecule has 0 radical (unpaired) electrons. The van der Waals surface area contributed by atoms with Crippen molar-refractivity contribution in [3.05, 3.63) is 53.6 Å². The number of rotatable bonds is 13. The van der Waals surface area contributed by atoms with E-state index < -0.39 is 6.04 Å². The van der Waals surface area contributed by atoms with Gasteiger partial charge in [0.05, 0.1) is 20.8 Å². The van der Waals surface area contributed by atoms with Gasteiger partial charge in [0.2, 0.25) is 5.91 Å². The van der Waals surface area contributed by atoms with E-state index in [0.29, 0.717) is 31.1 Å². The van der Waals surface area contributed by atoms with Gasteiger partial charge < -0.3 is 24.0 Å². The van der Waals surface area contributed by atoms with E-state index >= 15 is 0 Å². The van der Waals surface area contributed by atoms with Crippen LogP contribution in [0.2, 0.25) is 0 Å². The van der Waals surface area contributed by atoms with Crippen molar-refractivity contribution in [3.63, 3.8) is 0 Å². The van der Waals surface area contributed by atoms with E-state index in [1.165, 1.54) is 25.7 Å². The first kappa shape index (κ1) is 28.8. The number of unbranched alkanes of at least 4 members (excludes halogenated alkanes) is 3. The highest BCUT2D eigenvalue weighted by molar-refractivity contribution is 5.95. The maximum absolute atomic E-state index is 14.0. The summed E-state index contributed by atoms with van der Waals surface area (Å²) in [7, 11) is 3.23. The van der Waals surface area contributed by atoms with E-state index in [0.717, 1.165) is 49.0 Å². The lowest BCUT2D eigenvalue weighted by atomic mass is 9.91. The molecule has 1 atom stereocenters. The second-order valence-electron chi connectivity index (χ2n) is 10.7. The third-order valence-corrected chi connectivity index (χ3v) is 8.02. The number of amides is 2. The number of piperazine rings is 1. The molecular weight excluding hydrogens is 492 g/mol. The molecule has 0 spiro atoms. The highest BCUT2D eigenvalue weighted by Crippen LogP contribution is 2.34. The number of carbonyl (C=O) groups excluding carboxylic acids is 2. The summed E-state index contributed by atoms with van der Waals surface area (Å²) in [6.45, 7) is 3.49. The van der Waals surface area contributed by atoms with Crippen LogP contribution in [-0.4, -0.2) is 61.6 Å². The molecule has 0 N–H and O–H groups in total. The minimum absolute atomic E-state index is 0.00176. The summed E-state index contributed by atoms with van der Waals surface area (Å²) in [6, 6.07) is 13.1. The molecule has 1 saturated heterocycles. The van der Waals surface area contributed by atoms with Crippen molar-refractivity contribution in [2.45, 2.75) is 83.2 Å². The number of hydrogen-bond acceptors (Lipinski definition) is 5. The number of hydrogen-bond donors (Lipinski definition) is 0. The molecule has 2 aliphatic rings. The van der Waals surface area contributed by atoms with Crippen LogP contribution in [0.4, 0.5) is 0 Å². The fourth-order valence-corrected chi connectivity index (χ4v) is 5.78. The van der Waals surface area contributed by atoms with Crippen molar-refractivity contribution in [3.8, 4) is 17.2 Å². The van der Waals surface area contributed by atoms with Crippen molar-refractivity contribution >= 4 is 11.8 Å². The van der Waals surface area contributed by atoms with Crippen molar-refractivity contribution in [2.24, 2.45) is 0 Å². The Bertz CT molecular complexity index is 1080. The predicted octanol–water partition coefficient (Wildman–Crippen LogP) is 5.95. The van der Waals surface area contributed by atoms with Crippen molar-refractivity contribution in [1.29, 1.82) is 0 Å². The maximum atomic E-state index is 14.0. The Morgan fingerprint density at radius 3 is 2.31 bits per heavy atom. The first-order valence-corrected chi connectivity index (χ1v) is 14.6. The Morgan fingerprint density at radius 1 is 0.872 bits per heavy atom. The molecule has 1 saturated carbocycles. The highest BCUT2D eigenvalue weighted by Gasteiger charge is 2.42. The van der Waals surface area contributed by atoms with E-state index in [-0.39, 0.29) is 24.4 Å². The van der Waals surface area contributed by atoms with Crippen LogP contribution in [0.1, 0.15) is 81.9 Å². The molecule has 7 heteroatoms. The molecule has 4 rings (SSSR count). The molecule has 39 heavy (non-hydrogen) atoms. The summed E-state index contributed by atoms with van der Waals surface area (Å²) in [5.74, 6) is 2.15. The maximum Gasteiger partial charge on any atom is 0.250 e. The number of ether oxygens (including phenoxy) is 3. The SMILES string of the molecule is CCCCCCOc1ccc(C2C(=O)N(C3CCCCC3)CC(=O)N2CCc2ccc(OC)c(OC)c2)cc1. The van der Waals surface area contributed by atoms with E-state index in [1.54, 1.807) is 19.1 Å². The van der Waals surface area contributed by atoms with Gasteiger partial charge in [-0.1, -0.05) is 63.6 Å². The number of nitrogens with zero attached hydrogens (tertiary/aromatic N) is 2. The fourth-order valence-electron chi connectivity index (χ4n) is 5.78. The molecule has 1 unspecified atom stereocenters. The van der Waals surface area contributed by atoms with Gasteiger partial charge in [0.1, 0.15) is 18.3 Å². The van der Waals surface area contributed by atoms with Gasteiger partial charge in [0.25, 0.3) is 5.91 Å². The lowest BCUT2D eigenvalue weighted by Gasteiger charge is -2.44. The van der Waals surface area contributed by atoms with Gasteiger partial charge in [-0.15, -0.1) is 0 Å². The van der Waals surface area contributed by atoms with Crippen LogP contribution < -0.4 is 14.2 Å². The molecule has 1 aliphatic carbocycles. The first-order chi connectivity index (χ1) is 19.0. The van der Waals surface area contributed by atoms with Gasteiger partial charge in [-0.3, -0.25) is 9.59 Å². The Labute approximate surface area is 233 Å². The van der Waals surface area contributed by atoms with E-state index in [4.69, 9.17) is 14.2 Å². The lowest BCUT2D eigenvalue weighted by molar-refractivity contribution is -0.159. The topological polar surface area (TPSA) is 68.3 Å². The number of carbonyl (C=O) groups is 2. The average molecular weight is 537 g/mol. The van der Waals surface area contributed by atoms with Crippen LogP contribution >= 0.6 is 0 Å². The van der Waals surface area contributed by atoms with E-state index in [2.05, 4.69) is 6.92 Å². The molecule has 2 aromatic rings. The van der Waals surface area contributed by atoms with E-state index in [1.807, 2.05) is 47.4 Å². The summed E-state index contributed by atoms with van der Waals surface area (Å²) < 4.78 is 16.8. The minimum Gasteiger partial charge on any atom is -0.494 e. The van der Waals surface area contributed by atoms with Crippen LogP contribution in [0.25, 0.3) is 0 Å². The standard InChI is InChI=1S/C32H44N2O5/c1-4-5-6-10-21-39-27-16-14-25(15-17-27)31-32(36)34(26-11-8-7-9-12-26)23-30(35)33(31)20-19-24-13-18-28(37-2)29(22-24)38-3/h13-18,22,26,31H,4-12,19-21,23H2,1-3H3. The zero-order valence-electron chi connectivity index (χ0n) is 23.8.